The number of nitrogens with one attached hydrogen (secondary N) is 1. The molecule has 2 aromatic carbocycles. The predicted octanol–water partition coefficient (Wildman–Crippen LogP) is 1.76. The maximum absolute atomic E-state index is 12.9. The van der Waals surface area contributed by atoms with Crippen LogP contribution in [0.25, 0.3) is 5.76 Å². The van der Waals surface area contributed by atoms with Crippen LogP contribution in [0.2, 0.25) is 0 Å². The Balaban J connectivity index is 2.05. The number of hydrogen-bond donors (Lipinski definition) is 3. The SMILES string of the molecule is CN(C)c1ccc(C2C(=C(O)c3ccccc3)C(=O)C(=O)N2CCNCCO)cc1. The minimum atomic E-state index is -0.694. The minimum Gasteiger partial charge on any atom is -0.507 e. The number of nitrogens with zero attached hydrogens (tertiary/aromatic N) is 2. The van der Waals surface area contributed by atoms with Crippen LogP contribution in [0.3, 0.4) is 0 Å². The fourth-order valence-corrected chi connectivity index (χ4v) is 3.57. The number of Topliss-reactive ketones (excluding diaryl/α,β-unsaturated/α-hetero) is 1. The minimum absolute atomic E-state index is 0.0117. The number of aliphatic hydroxyl groups excluding tert-OH is 2. The number of rotatable bonds is 8. The van der Waals surface area contributed by atoms with Gasteiger partial charge in [-0.1, -0.05) is 42.5 Å². The number of anilines is 1. The predicted molar refractivity (Wildman–Crippen MR) is 116 cm³/mol. The van der Waals surface area contributed by atoms with Gasteiger partial charge in [-0.15, -0.1) is 0 Å². The van der Waals surface area contributed by atoms with Crippen LogP contribution in [-0.4, -0.2) is 67.1 Å². The molecule has 0 bridgehead atoms. The zero-order valence-electron chi connectivity index (χ0n) is 17.2. The molecule has 7 nitrogen and oxygen atoms in total. The Labute approximate surface area is 176 Å². The highest BCUT2D eigenvalue weighted by atomic mass is 16.3. The Morgan fingerprint density at radius 3 is 2.30 bits per heavy atom. The summed E-state index contributed by atoms with van der Waals surface area (Å²) in [5.74, 6) is -1.51. The van der Waals surface area contributed by atoms with Crippen LogP contribution in [0.1, 0.15) is 17.2 Å². The summed E-state index contributed by atoms with van der Waals surface area (Å²) in [5, 5.41) is 22.9. The lowest BCUT2D eigenvalue weighted by Gasteiger charge is -2.26. The van der Waals surface area contributed by atoms with Crippen molar-refractivity contribution in [1.29, 1.82) is 0 Å². The van der Waals surface area contributed by atoms with E-state index in [1.807, 2.05) is 49.3 Å². The van der Waals surface area contributed by atoms with E-state index >= 15 is 0 Å². The summed E-state index contributed by atoms with van der Waals surface area (Å²) < 4.78 is 0. The van der Waals surface area contributed by atoms with Crippen molar-refractivity contribution in [2.45, 2.75) is 6.04 Å². The van der Waals surface area contributed by atoms with Crippen LogP contribution in [0.4, 0.5) is 5.69 Å². The molecule has 3 N–H and O–H groups in total. The molecule has 158 valence electrons. The van der Waals surface area contributed by atoms with Gasteiger partial charge in [-0.05, 0) is 17.7 Å². The largest absolute Gasteiger partial charge is 0.507 e. The molecular formula is C23H27N3O4. The first-order valence-electron chi connectivity index (χ1n) is 9.88. The molecule has 0 saturated carbocycles. The fourth-order valence-electron chi connectivity index (χ4n) is 3.57. The molecular weight excluding hydrogens is 382 g/mol. The quantitative estimate of drug-likeness (QED) is 0.266. The molecule has 1 heterocycles. The molecule has 3 rings (SSSR count). The van der Waals surface area contributed by atoms with E-state index in [0.717, 1.165) is 11.3 Å². The third-order valence-electron chi connectivity index (χ3n) is 5.13. The van der Waals surface area contributed by atoms with E-state index in [2.05, 4.69) is 5.32 Å². The zero-order chi connectivity index (χ0) is 21.7. The van der Waals surface area contributed by atoms with Gasteiger partial charge in [0.25, 0.3) is 11.7 Å². The van der Waals surface area contributed by atoms with E-state index < -0.39 is 17.7 Å². The number of carbonyl (C=O) groups is 2. The molecule has 7 heteroatoms. The average Bonchev–Trinajstić information content (AvgIpc) is 3.01. The summed E-state index contributed by atoms with van der Waals surface area (Å²) >= 11 is 0. The van der Waals surface area contributed by atoms with Crippen molar-refractivity contribution in [3.63, 3.8) is 0 Å². The van der Waals surface area contributed by atoms with E-state index in [4.69, 9.17) is 5.11 Å². The highest BCUT2D eigenvalue weighted by Crippen LogP contribution is 2.39. The summed E-state index contributed by atoms with van der Waals surface area (Å²) in [6.07, 6.45) is 0. The summed E-state index contributed by atoms with van der Waals surface area (Å²) in [5.41, 5.74) is 2.32. The van der Waals surface area contributed by atoms with Crippen LogP contribution in [0.15, 0.2) is 60.2 Å². The molecule has 0 radical (unpaired) electrons. The Hall–Kier alpha value is -3.16. The average molecular weight is 409 g/mol. The fraction of sp³-hybridized carbons (Fsp3) is 0.304. The highest BCUT2D eigenvalue weighted by Gasteiger charge is 2.45. The lowest BCUT2D eigenvalue weighted by Crippen LogP contribution is -2.36. The normalized spacial score (nSPS) is 18.1. The van der Waals surface area contributed by atoms with Gasteiger partial charge >= 0.3 is 0 Å². The van der Waals surface area contributed by atoms with Crippen molar-refractivity contribution >= 4 is 23.1 Å². The van der Waals surface area contributed by atoms with Gasteiger partial charge in [0.2, 0.25) is 0 Å². The Morgan fingerprint density at radius 2 is 1.70 bits per heavy atom. The summed E-state index contributed by atoms with van der Waals surface area (Å²) in [6, 6.07) is 15.7. The van der Waals surface area contributed by atoms with Crippen molar-refractivity contribution in [3.8, 4) is 0 Å². The molecule has 0 aliphatic carbocycles. The number of hydrogen-bond acceptors (Lipinski definition) is 6. The molecule has 1 saturated heterocycles. The smallest absolute Gasteiger partial charge is 0.295 e. The number of ketones is 1. The molecule has 1 unspecified atom stereocenters. The molecule has 2 aromatic rings. The van der Waals surface area contributed by atoms with Crippen LogP contribution in [0.5, 0.6) is 0 Å². The Kier molecular flexibility index (Phi) is 6.87. The van der Waals surface area contributed by atoms with Crippen molar-refractivity contribution in [2.24, 2.45) is 0 Å². The number of amides is 1. The lowest BCUT2D eigenvalue weighted by molar-refractivity contribution is -0.139. The van der Waals surface area contributed by atoms with Gasteiger partial charge in [-0.2, -0.15) is 0 Å². The third-order valence-corrected chi connectivity index (χ3v) is 5.13. The van der Waals surface area contributed by atoms with Crippen LogP contribution in [0, 0.1) is 0 Å². The first-order chi connectivity index (χ1) is 14.5. The van der Waals surface area contributed by atoms with Crippen molar-refractivity contribution in [1.82, 2.24) is 10.2 Å². The summed E-state index contributed by atoms with van der Waals surface area (Å²) in [7, 11) is 3.87. The highest BCUT2D eigenvalue weighted by molar-refractivity contribution is 6.46. The molecule has 1 atom stereocenters. The van der Waals surface area contributed by atoms with Crippen LogP contribution < -0.4 is 10.2 Å². The number of carbonyl (C=O) groups excluding carboxylic acids is 2. The molecule has 1 aliphatic heterocycles. The van der Waals surface area contributed by atoms with Gasteiger partial charge in [-0.25, -0.2) is 0 Å². The summed E-state index contributed by atoms with van der Waals surface area (Å²) in [4.78, 5) is 29.2. The van der Waals surface area contributed by atoms with Gasteiger partial charge in [0.05, 0.1) is 18.2 Å². The van der Waals surface area contributed by atoms with Crippen molar-refractivity contribution in [3.05, 3.63) is 71.3 Å². The molecule has 0 spiro atoms. The van der Waals surface area contributed by atoms with Crippen LogP contribution >= 0.6 is 0 Å². The van der Waals surface area contributed by atoms with E-state index in [9.17, 15) is 14.7 Å². The van der Waals surface area contributed by atoms with Gasteiger partial charge < -0.3 is 25.3 Å². The van der Waals surface area contributed by atoms with Crippen LogP contribution in [-0.2, 0) is 9.59 Å². The van der Waals surface area contributed by atoms with Gasteiger partial charge in [0.1, 0.15) is 5.76 Å². The molecule has 30 heavy (non-hydrogen) atoms. The zero-order valence-corrected chi connectivity index (χ0v) is 17.2. The first kappa shape index (κ1) is 21.5. The second kappa shape index (κ2) is 9.56. The van der Waals surface area contributed by atoms with E-state index in [0.29, 0.717) is 18.7 Å². The maximum Gasteiger partial charge on any atom is 0.295 e. The Bertz CT molecular complexity index is 923. The Morgan fingerprint density at radius 1 is 1.03 bits per heavy atom. The van der Waals surface area contributed by atoms with E-state index in [1.54, 1.807) is 24.3 Å². The van der Waals surface area contributed by atoms with Gasteiger partial charge in [0.15, 0.2) is 0 Å². The maximum atomic E-state index is 12.9. The first-order valence-corrected chi connectivity index (χ1v) is 9.88. The van der Waals surface area contributed by atoms with Gasteiger partial charge in [-0.3, -0.25) is 9.59 Å². The van der Waals surface area contributed by atoms with Crippen molar-refractivity contribution in [2.75, 3.05) is 45.2 Å². The number of likely N-dealkylation sites (tertiary alicyclic amines) is 1. The third kappa shape index (κ3) is 4.37. The summed E-state index contributed by atoms with van der Waals surface area (Å²) in [6.45, 7) is 1.08. The standard InChI is InChI=1S/C23H27N3O4/c1-25(2)18-10-8-16(9-11-18)20-19(21(28)17-6-4-3-5-7-17)22(29)23(30)26(20)14-12-24-13-15-27/h3-11,20,24,27-28H,12-15H2,1-2H3. The second-order valence-electron chi connectivity index (χ2n) is 7.32. The number of benzene rings is 2. The van der Waals surface area contributed by atoms with Crippen molar-refractivity contribution < 1.29 is 19.8 Å². The second-order valence-corrected chi connectivity index (χ2v) is 7.32. The lowest BCUT2D eigenvalue weighted by atomic mass is 9.95. The topological polar surface area (TPSA) is 93.1 Å². The monoisotopic (exact) mass is 409 g/mol. The molecule has 1 amide bonds. The van der Waals surface area contributed by atoms with E-state index in [1.165, 1.54) is 4.90 Å². The molecule has 0 aromatic heterocycles. The molecule has 1 fully saturated rings. The molecule has 1 aliphatic rings. The van der Waals surface area contributed by atoms with E-state index in [-0.39, 0.29) is 24.5 Å². The van der Waals surface area contributed by atoms with Gasteiger partial charge in [0, 0.05) is 45.0 Å². The number of aliphatic hydroxyl groups is 2.